The Morgan fingerprint density at radius 1 is 1.36 bits per heavy atom. The summed E-state index contributed by atoms with van der Waals surface area (Å²) >= 11 is 0. The number of hydrogen-bond acceptors (Lipinski definition) is 5. The average molecular weight is 328 g/mol. The summed E-state index contributed by atoms with van der Waals surface area (Å²) in [4.78, 5) is 0.198. The Hall–Kier alpha value is -1.15. The van der Waals surface area contributed by atoms with Crippen LogP contribution in [0.2, 0.25) is 0 Å². The Bertz CT molecular complexity index is 618. The quantitative estimate of drug-likeness (QED) is 0.876. The third-order valence-corrected chi connectivity index (χ3v) is 6.10. The van der Waals surface area contributed by atoms with Gasteiger partial charge in [0.1, 0.15) is 10.6 Å². The smallest absolute Gasteiger partial charge is 0.247 e. The van der Waals surface area contributed by atoms with Crippen molar-refractivity contribution in [2.24, 2.45) is 5.73 Å². The number of rotatable bonds is 5. The van der Waals surface area contributed by atoms with Crippen LogP contribution in [0.4, 0.5) is 0 Å². The van der Waals surface area contributed by atoms with Gasteiger partial charge in [0.25, 0.3) is 0 Å². The zero-order valence-corrected chi connectivity index (χ0v) is 14.1. The number of ether oxygens (including phenoxy) is 2. The number of methoxy groups -OCH3 is 2. The number of nitrogens with two attached hydrogens (primary N) is 1. The van der Waals surface area contributed by atoms with Gasteiger partial charge in [0.2, 0.25) is 10.0 Å². The summed E-state index contributed by atoms with van der Waals surface area (Å²) in [6.45, 7) is 2.53. The molecule has 1 aliphatic rings. The Labute approximate surface area is 132 Å². The minimum absolute atomic E-state index is 0.0550. The molecule has 0 saturated carbocycles. The highest BCUT2D eigenvalue weighted by Gasteiger charge is 2.37. The van der Waals surface area contributed by atoms with Gasteiger partial charge in [0, 0.05) is 26.2 Å². The maximum Gasteiger partial charge on any atom is 0.247 e. The molecule has 1 heterocycles. The van der Waals surface area contributed by atoms with Gasteiger partial charge in [-0.15, -0.1) is 0 Å². The van der Waals surface area contributed by atoms with Gasteiger partial charge in [0.05, 0.1) is 13.2 Å². The number of hydrogen-bond donors (Lipinski definition) is 1. The maximum atomic E-state index is 13.0. The van der Waals surface area contributed by atoms with Crippen LogP contribution < -0.4 is 10.5 Å². The first-order chi connectivity index (χ1) is 10.4. The van der Waals surface area contributed by atoms with Gasteiger partial charge in [-0.1, -0.05) is 6.07 Å². The predicted molar refractivity (Wildman–Crippen MR) is 84.5 cm³/mol. The van der Waals surface area contributed by atoms with E-state index in [1.165, 1.54) is 11.4 Å². The van der Waals surface area contributed by atoms with Crippen LogP contribution in [-0.4, -0.2) is 52.2 Å². The fourth-order valence-corrected chi connectivity index (χ4v) is 4.75. The van der Waals surface area contributed by atoms with E-state index in [0.717, 1.165) is 5.56 Å². The van der Waals surface area contributed by atoms with Gasteiger partial charge >= 0.3 is 0 Å². The first kappa shape index (κ1) is 17.2. The van der Waals surface area contributed by atoms with E-state index >= 15 is 0 Å². The minimum Gasteiger partial charge on any atom is -0.495 e. The largest absolute Gasteiger partial charge is 0.495 e. The summed E-state index contributed by atoms with van der Waals surface area (Å²) < 4.78 is 38.1. The van der Waals surface area contributed by atoms with Crippen molar-refractivity contribution in [2.75, 3.05) is 27.3 Å². The normalized spacial score (nSPS) is 23.5. The molecule has 7 heteroatoms. The number of benzene rings is 1. The van der Waals surface area contributed by atoms with E-state index < -0.39 is 10.0 Å². The Morgan fingerprint density at radius 2 is 2.09 bits per heavy atom. The fourth-order valence-electron chi connectivity index (χ4n) is 2.85. The molecule has 1 aliphatic heterocycles. The molecule has 22 heavy (non-hydrogen) atoms. The highest BCUT2D eigenvalue weighted by molar-refractivity contribution is 7.89. The van der Waals surface area contributed by atoms with Gasteiger partial charge in [-0.3, -0.25) is 0 Å². The first-order valence-electron chi connectivity index (χ1n) is 7.33. The standard InChI is InChI=1S/C15H24N2O4S/c1-11-4-5-14(21-3)15(8-11)22(18,19)17-7-6-13(20-2)9-12(17)10-16/h4-5,8,12-13H,6-7,9-10,16H2,1-3H3. The van der Waals surface area contributed by atoms with E-state index in [0.29, 0.717) is 25.1 Å². The van der Waals surface area contributed by atoms with Crippen molar-refractivity contribution >= 4 is 10.0 Å². The molecular weight excluding hydrogens is 304 g/mol. The van der Waals surface area contributed by atoms with Crippen LogP contribution in [0.15, 0.2) is 23.1 Å². The monoisotopic (exact) mass is 328 g/mol. The van der Waals surface area contributed by atoms with E-state index in [1.54, 1.807) is 19.2 Å². The SMILES string of the molecule is COc1ccc(C)cc1S(=O)(=O)N1CCC(OC)CC1CN. The average Bonchev–Trinajstić information content (AvgIpc) is 2.54. The van der Waals surface area contributed by atoms with Gasteiger partial charge in [-0.2, -0.15) is 4.31 Å². The second-order valence-electron chi connectivity index (χ2n) is 5.54. The molecule has 6 nitrogen and oxygen atoms in total. The number of aryl methyl sites for hydroxylation is 1. The molecule has 2 atom stereocenters. The van der Waals surface area contributed by atoms with Gasteiger partial charge < -0.3 is 15.2 Å². The summed E-state index contributed by atoms with van der Waals surface area (Å²) in [6, 6.07) is 4.90. The Kier molecular flexibility index (Phi) is 5.44. The molecule has 2 unspecified atom stereocenters. The van der Waals surface area contributed by atoms with Crippen molar-refractivity contribution in [1.29, 1.82) is 0 Å². The van der Waals surface area contributed by atoms with E-state index in [9.17, 15) is 8.42 Å². The molecule has 0 radical (unpaired) electrons. The molecule has 0 spiro atoms. The van der Waals surface area contributed by atoms with Crippen LogP contribution in [0.1, 0.15) is 18.4 Å². The molecule has 1 aromatic rings. The van der Waals surface area contributed by atoms with Crippen LogP contribution in [-0.2, 0) is 14.8 Å². The van der Waals surface area contributed by atoms with Crippen LogP contribution in [0.5, 0.6) is 5.75 Å². The van der Waals surface area contributed by atoms with Crippen LogP contribution in [0, 0.1) is 6.92 Å². The van der Waals surface area contributed by atoms with Crippen molar-refractivity contribution in [3.63, 3.8) is 0 Å². The fraction of sp³-hybridized carbons (Fsp3) is 0.600. The van der Waals surface area contributed by atoms with Crippen LogP contribution in [0.25, 0.3) is 0 Å². The summed E-state index contributed by atoms with van der Waals surface area (Å²) in [6.07, 6.45) is 1.33. The Balaban J connectivity index is 2.39. The second-order valence-corrected chi connectivity index (χ2v) is 7.40. The second kappa shape index (κ2) is 6.95. The highest BCUT2D eigenvalue weighted by atomic mass is 32.2. The topological polar surface area (TPSA) is 81.9 Å². The van der Waals surface area contributed by atoms with E-state index in [2.05, 4.69) is 0 Å². The molecule has 0 bridgehead atoms. The zero-order chi connectivity index (χ0) is 16.3. The predicted octanol–water partition coefficient (Wildman–Crippen LogP) is 1.13. The molecule has 0 aromatic heterocycles. The lowest BCUT2D eigenvalue weighted by molar-refractivity contribution is 0.0401. The maximum absolute atomic E-state index is 13.0. The highest BCUT2D eigenvalue weighted by Crippen LogP contribution is 2.31. The first-order valence-corrected chi connectivity index (χ1v) is 8.77. The van der Waals surface area contributed by atoms with E-state index in [4.69, 9.17) is 15.2 Å². The van der Waals surface area contributed by atoms with Crippen molar-refractivity contribution in [3.05, 3.63) is 23.8 Å². The van der Waals surface area contributed by atoms with Gasteiger partial charge in [0.15, 0.2) is 0 Å². The summed E-state index contributed by atoms with van der Waals surface area (Å²) in [5.74, 6) is 0.357. The molecule has 124 valence electrons. The van der Waals surface area contributed by atoms with Crippen molar-refractivity contribution in [3.8, 4) is 5.75 Å². The third kappa shape index (κ3) is 3.27. The molecule has 2 N–H and O–H groups in total. The summed E-state index contributed by atoms with van der Waals surface area (Å²) in [7, 11) is -0.529. The third-order valence-electron chi connectivity index (χ3n) is 4.12. The molecular formula is C15H24N2O4S. The van der Waals surface area contributed by atoms with Crippen molar-refractivity contribution in [2.45, 2.75) is 36.8 Å². The minimum atomic E-state index is -3.65. The number of nitrogens with zero attached hydrogens (tertiary/aromatic N) is 1. The van der Waals surface area contributed by atoms with E-state index in [-0.39, 0.29) is 23.6 Å². The molecule has 1 aromatic carbocycles. The molecule has 0 aliphatic carbocycles. The lowest BCUT2D eigenvalue weighted by Crippen LogP contribution is -2.51. The molecule has 0 amide bonds. The van der Waals surface area contributed by atoms with Crippen molar-refractivity contribution in [1.82, 2.24) is 4.31 Å². The van der Waals surface area contributed by atoms with Crippen LogP contribution in [0.3, 0.4) is 0 Å². The summed E-state index contributed by atoms with van der Waals surface area (Å²) in [5.41, 5.74) is 6.66. The van der Waals surface area contributed by atoms with Crippen molar-refractivity contribution < 1.29 is 17.9 Å². The number of sulfonamides is 1. The lowest BCUT2D eigenvalue weighted by Gasteiger charge is -2.37. The van der Waals surface area contributed by atoms with Gasteiger partial charge in [-0.25, -0.2) is 8.42 Å². The molecule has 1 saturated heterocycles. The zero-order valence-electron chi connectivity index (χ0n) is 13.3. The summed E-state index contributed by atoms with van der Waals surface area (Å²) in [5, 5.41) is 0. The number of piperidine rings is 1. The molecule has 1 fully saturated rings. The lowest BCUT2D eigenvalue weighted by atomic mass is 10.0. The van der Waals surface area contributed by atoms with Gasteiger partial charge in [-0.05, 0) is 37.5 Å². The molecule has 2 rings (SSSR count). The van der Waals surface area contributed by atoms with Crippen LogP contribution >= 0.6 is 0 Å². The van der Waals surface area contributed by atoms with E-state index in [1.807, 2.05) is 13.0 Å². The Morgan fingerprint density at radius 3 is 2.68 bits per heavy atom.